The number of hydrogen-bond acceptors (Lipinski definition) is 3. The van der Waals surface area contributed by atoms with Crippen LogP contribution in [-0.4, -0.2) is 26.7 Å². The number of ketones is 1. The summed E-state index contributed by atoms with van der Waals surface area (Å²) in [7, 11) is 0. The summed E-state index contributed by atoms with van der Waals surface area (Å²) < 4.78 is 41.6. The number of rotatable bonds is 1. The topological polar surface area (TPSA) is 47.8 Å². The molecule has 1 aromatic heterocycles. The maximum atomic E-state index is 12.9. The van der Waals surface area contributed by atoms with Gasteiger partial charge in [-0.05, 0) is 49.4 Å². The zero-order chi connectivity index (χ0) is 18.5. The summed E-state index contributed by atoms with van der Waals surface area (Å²) in [6.07, 6.45) is -2.52. The molecule has 0 radical (unpaired) electrons. The molecule has 138 valence electrons. The maximum absolute atomic E-state index is 12.9. The van der Waals surface area contributed by atoms with Crippen molar-refractivity contribution in [2.24, 2.45) is 5.92 Å². The predicted molar refractivity (Wildman–Crippen MR) is 92.2 cm³/mol. The average molecular weight is 428 g/mol. The van der Waals surface area contributed by atoms with Crippen molar-refractivity contribution in [1.82, 2.24) is 14.8 Å². The van der Waals surface area contributed by atoms with Gasteiger partial charge >= 0.3 is 6.18 Å². The number of carbonyl (C=O) groups is 1. The molecule has 0 spiro atoms. The van der Waals surface area contributed by atoms with Gasteiger partial charge in [0.25, 0.3) is 0 Å². The van der Waals surface area contributed by atoms with E-state index < -0.39 is 12.1 Å². The Kier molecular flexibility index (Phi) is 4.41. The summed E-state index contributed by atoms with van der Waals surface area (Å²) in [4.78, 5) is 12.2. The van der Waals surface area contributed by atoms with E-state index in [4.69, 9.17) is 0 Å². The van der Waals surface area contributed by atoms with Crippen LogP contribution in [0.2, 0.25) is 0 Å². The van der Waals surface area contributed by atoms with E-state index >= 15 is 0 Å². The van der Waals surface area contributed by atoms with Gasteiger partial charge in [0.15, 0.2) is 0 Å². The van der Waals surface area contributed by atoms with Crippen molar-refractivity contribution >= 4 is 21.7 Å². The molecule has 2 aliphatic rings. The lowest BCUT2D eigenvalue weighted by Gasteiger charge is -2.29. The number of hydrogen-bond donors (Lipinski definition) is 0. The van der Waals surface area contributed by atoms with Crippen molar-refractivity contribution in [2.45, 2.75) is 50.6 Å². The van der Waals surface area contributed by atoms with Crippen molar-refractivity contribution in [3.8, 4) is 5.69 Å². The summed E-state index contributed by atoms with van der Waals surface area (Å²) in [5.41, 5.74) is 1.74. The molecule has 1 aromatic carbocycles. The van der Waals surface area contributed by atoms with Crippen molar-refractivity contribution in [1.29, 1.82) is 0 Å². The normalized spacial score (nSPS) is 23.3. The molecule has 0 amide bonds. The lowest BCUT2D eigenvalue weighted by atomic mass is 9.81. The van der Waals surface area contributed by atoms with Crippen LogP contribution in [0, 0.1) is 5.92 Å². The first-order valence-electron chi connectivity index (χ1n) is 8.64. The zero-order valence-electron chi connectivity index (χ0n) is 13.9. The fraction of sp³-hybridized carbons (Fsp3) is 0.500. The molecule has 1 aliphatic heterocycles. The van der Waals surface area contributed by atoms with Gasteiger partial charge in [0.2, 0.25) is 0 Å². The van der Waals surface area contributed by atoms with Crippen LogP contribution in [0.15, 0.2) is 22.7 Å². The Morgan fingerprint density at radius 2 is 1.81 bits per heavy atom. The van der Waals surface area contributed by atoms with Crippen LogP contribution >= 0.6 is 15.9 Å². The minimum atomic E-state index is -4.13. The molecule has 2 heterocycles. The summed E-state index contributed by atoms with van der Waals surface area (Å²) in [5, 5.41) is 8.46. The van der Waals surface area contributed by atoms with Gasteiger partial charge in [-0.3, -0.25) is 9.36 Å². The summed E-state index contributed by atoms with van der Waals surface area (Å²) >= 11 is 3.43. The largest absolute Gasteiger partial charge is 0.391 e. The van der Waals surface area contributed by atoms with Crippen molar-refractivity contribution in [3.63, 3.8) is 0 Å². The molecule has 0 bridgehead atoms. The smallest absolute Gasteiger partial charge is 0.299 e. The quantitative estimate of drug-likeness (QED) is 0.671. The number of aromatic nitrogens is 3. The van der Waals surface area contributed by atoms with Crippen LogP contribution < -0.4 is 0 Å². The van der Waals surface area contributed by atoms with Gasteiger partial charge in [-0.2, -0.15) is 13.2 Å². The summed E-state index contributed by atoms with van der Waals surface area (Å²) in [5.74, 6) is 0.0142. The average Bonchev–Trinajstić information content (AvgIpc) is 2.91. The third-order valence-corrected chi connectivity index (χ3v) is 5.83. The molecular formula is C18H17BrF3N3O. The molecule has 0 saturated heterocycles. The third kappa shape index (κ3) is 3.19. The number of carbonyl (C=O) groups excluding carboxylic acids is 1. The first-order chi connectivity index (χ1) is 12.3. The Morgan fingerprint density at radius 3 is 2.50 bits per heavy atom. The van der Waals surface area contributed by atoms with E-state index in [-0.39, 0.29) is 31.0 Å². The molecule has 1 aliphatic carbocycles. The van der Waals surface area contributed by atoms with E-state index in [0.29, 0.717) is 30.9 Å². The Labute approximate surface area is 156 Å². The van der Waals surface area contributed by atoms with Gasteiger partial charge in [-0.1, -0.05) is 15.9 Å². The van der Waals surface area contributed by atoms with E-state index in [0.717, 1.165) is 15.7 Å². The highest BCUT2D eigenvalue weighted by Gasteiger charge is 2.42. The number of alkyl halides is 3. The van der Waals surface area contributed by atoms with Crippen molar-refractivity contribution < 1.29 is 18.0 Å². The molecule has 0 atom stereocenters. The summed E-state index contributed by atoms with van der Waals surface area (Å²) in [6.45, 7) is 0. The van der Waals surface area contributed by atoms with Gasteiger partial charge in [0.05, 0.1) is 18.0 Å². The first kappa shape index (κ1) is 17.7. The van der Waals surface area contributed by atoms with E-state index in [1.165, 1.54) is 0 Å². The number of halogens is 4. The standard InChI is InChI=1S/C18H17BrF3N3O/c19-13-5-6-15-11(7-13)8-14(26)9-16-23-24-17(25(15)16)10-1-3-12(4-2-10)18(20,21)22/h5-7,10,12H,1-4,8-9H2. The highest BCUT2D eigenvalue weighted by Crippen LogP contribution is 2.43. The fourth-order valence-electron chi connectivity index (χ4n) is 4.02. The van der Waals surface area contributed by atoms with Gasteiger partial charge < -0.3 is 0 Å². The van der Waals surface area contributed by atoms with Crippen LogP contribution in [0.25, 0.3) is 5.69 Å². The number of Topliss-reactive ketones (excluding diaryl/α,β-unsaturated/α-hetero) is 1. The van der Waals surface area contributed by atoms with Crippen molar-refractivity contribution in [3.05, 3.63) is 39.9 Å². The van der Waals surface area contributed by atoms with Crippen LogP contribution in [0.1, 0.15) is 48.8 Å². The highest BCUT2D eigenvalue weighted by molar-refractivity contribution is 9.10. The van der Waals surface area contributed by atoms with Gasteiger partial charge in [-0.25, -0.2) is 0 Å². The van der Waals surface area contributed by atoms with Crippen molar-refractivity contribution in [2.75, 3.05) is 0 Å². The van der Waals surface area contributed by atoms with E-state index in [1.807, 2.05) is 22.8 Å². The SMILES string of the molecule is O=C1Cc2cc(Br)ccc2-n2c(nnc2C2CCC(C(F)(F)F)CC2)C1. The number of fused-ring (bicyclic) bond motifs is 3. The van der Waals surface area contributed by atoms with Crippen LogP contribution in [-0.2, 0) is 17.6 Å². The number of benzene rings is 1. The van der Waals surface area contributed by atoms with E-state index in [9.17, 15) is 18.0 Å². The molecule has 4 rings (SSSR count). The van der Waals surface area contributed by atoms with Crippen LogP contribution in [0.3, 0.4) is 0 Å². The predicted octanol–water partition coefficient (Wildman–Crippen LogP) is 4.53. The summed E-state index contributed by atoms with van der Waals surface area (Å²) in [6, 6.07) is 5.71. The van der Waals surface area contributed by atoms with E-state index in [1.54, 1.807) is 0 Å². The first-order valence-corrected chi connectivity index (χ1v) is 9.43. The Morgan fingerprint density at radius 1 is 1.08 bits per heavy atom. The zero-order valence-corrected chi connectivity index (χ0v) is 15.5. The van der Waals surface area contributed by atoms with Crippen LogP contribution in [0.5, 0.6) is 0 Å². The van der Waals surface area contributed by atoms with E-state index in [2.05, 4.69) is 26.1 Å². The number of nitrogens with zero attached hydrogens (tertiary/aromatic N) is 3. The van der Waals surface area contributed by atoms with Gasteiger partial charge in [0.1, 0.15) is 17.4 Å². The molecule has 8 heteroatoms. The molecular weight excluding hydrogens is 411 g/mol. The molecule has 2 aromatic rings. The second kappa shape index (κ2) is 6.48. The third-order valence-electron chi connectivity index (χ3n) is 5.34. The molecule has 1 fully saturated rings. The molecule has 4 nitrogen and oxygen atoms in total. The minimum absolute atomic E-state index is 0.0582. The highest BCUT2D eigenvalue weighted by atomic mass is 79.9. The van der Waals surface area contributed by atoms with Gasteiger partial charge in [-0.15, -0.1) is 10.2 Å². The second-order valence-corrected chi connectivity index (χ2v) is 7.98. The molecule has 0 N–H and O–H groups in total. The second-order valence-electron chi connectivity index (χ2n) is 7.07. The van der Waals surface area contributed by atoms with Gasteiger partial charge in [0, 0.05) is 16.8 Å². The monoisotopic (exact) mass is 427 g/mol. The molecule has 26 heavy (non-hydrogen) atoms. The Balaban J connectivity index is 1.70. The Bertz CT molecular complexity index is 854. The maximum Gasteiger partial charge on any atom is 0.391 e. The molecule has 1 saturated carbocycles. The van der Waals surface area contributed by atoms with Crippen LogP contribution in [0.4, 0.5) is 13.2 Å². The fourth-order valence-corrected chi connectivity index (χ4v) is 4.42. The Hall–Kier alpha value is -1.70. The lowest BCUT2D eigenvalue weighted by molar-refractivity contribution is -0.182. The lowest BCUT2D eigenvalue weighted by Crippen LogP contribution is -2.28. The molecule has 0 unspecified atom stereocenters. The minimum Gasteiger partial charge on any atom is -0.299 e.